The fourth-order valence-corrected chi connectivity index (χ4v) is 2.37. The third kappa shape index (κ3) is 4.62. The summed E-state index contributed by atoms with van der Waals surface area (Å²) in [6, 6.07) is 7.48. The summed E-state index contributed by atoms with van der Waals surface area (Å²) in [5.41, 5.74) is 2.41. The molecule has 2 rings (SSSR count). The predicted molar refractivity (Wildman–Crippen MR) is 86.2 cm³/mol. The molecule has 0 amide bonds. The van der Waals surface area contributed by atoms with Gasteiger partial charge in [0.1, 0.15) is 17.3 Å². The Labute approximate surface area is 138 Å². The number of carboxylic acid groups (broad SMARTS) is 1. The van der Waals surface area contributed by atoms with Gasteiger partial charge in [0.15, 0.2) is 0 Å². The van der Waals surface area contributed by atoms with Crippen LogP contribution in [0.2, 0.25) is 0 Å². The highest BCUT2D eigenvalue weighted by atomic mass is 19.1. The van der Waals surface area contributed by atoms with Crippen molar-refractivity contribution in [3.63, 3.8) is 0 Å². The van der Waals surface area contributed by atoms with Crippen molar-refractivity contribution in [2.75, 3.05) is 0 Å². The molecular formula is C18H18FNO4. The fourth-order valence-electron chi connectivity index (χ4n) is 2.37. The number of aromatic hydroxyl groups is 1. The molecule has 2 aromatic rings. The summed E-state index contributed by atoms with van der Waals surface area (Å²) in [4.78, 5) is 26.5. The van der Waals surface area contributed by atoms with Crippen molar-refractivity contribution in [2.24, 2.45) is 0 Å². The Morgan fingerprint density at radius 1 is 1.12 bits per heavy atom. The van der Waals surface area contributed by atoms with Gasteiger partial charge in [-0.05, 0) is 42.8 Å². The van der Waals surface area contributed by atoms with Crippen LogP contribution in [-0.4, -0.2) is 26.9 Å². The van der Waals surface area contributed by atoms with Gasteiger partial charge in [-0.2, -0.15) is 0 Å². The van der Waals surface area contributed by atoms with Crippen molar-refractivity contribution < 1.29 is 24.2 Å². The van der Waals surface area contributed by atoms with Crippen LogP contribution >= 0.6 is 0 Å². The highest BCUT2D eigenvalue weighted by molar-refractivity contribution is 5.82. The van der Waals surface area contributed by atoms with Gasteiger partial charge in [-0.3, -0.25) is 9.59 Å². The molecular weight excluding hydrogens is 313 g/mol. The van der Waals surface area contributed by atoms with Crippen LogP contribution < -0.4 is 0 Å². The van der Waals surface area contributed by atoms with Crippen LogP contribution in [0.15, 0.2) is 30.3 Å². The molecule has 1 aromatic carbocycles. The van der Waals surface area contributed by atoms with Gasteiger partial charge in [0.2, 0.25) is 0 Å². The Morgan fingerprint density at radius 2 is 1.88 bits per heavy atom. The summed E-state index contributed by atoms with van der Waals surface area (Å²) >= 11 is 0. The number of halogens is 1. The average Bonchev–Trinajstić information content (AvgIpc) is 2.52. The number of aromatic nitrogens is 1. The van der Waals surface area contributed by atoms with Crippen LogP contribution in [0.1, 0.15) is 30.5 Å². The van der Waals surface area contributed by atoms with Crippen molar-refractivity contribution in [1.82, 2.24) is 4.98 Å². The van der Waals surface area contributed by atoms with Crippen molar-refractivity contribution in [3.05, 3.63) is 47.4 Å². The molecule has 1 heterocycles. The molecule has 0 radical (unpaired) electrons. The van der Waals surface area contributed by atoms with Crippen molar-refractivity contribution in [1.29, 1.82) is 0 Å². The summed E-state index contributed by atoms with van der Waals surface area (Å²) in [5, 5.41) is 18.5. The minimum Gasteiger partial charge on any atom is -0.506 e. The minimum absolute atomic E-state index is 0.0236. The number of carboxylic acids is 1. The van der Waals surface area contributed by atoms with E-state index >= 15 is 0 Å². The summed E-state index contributed by atoms with van der Waals surface area (Å²) < 4.78 is 13.2. The molecule has 24 heavy (non-hydrogen) atoms. The maximum atomic E-state index is 13.2. The number of hydrogen-bond donors (Lipinski definition) is 2. The Kier molecular flexibility index (Phi) is 5.63. The van der Waals surface area contributed by atoms with Crippen LogP contribution in [0.3, 0.4) is 0 Å². The molecule has 0 aliphatic carbocycles. The fraction of sp³-hybridized carbons (Fsp3) is 0.278. The molecule has 0 unspecified atom stereocenters. The van der Waals surface area contributed by atoms with E-state index in [1.165, 1.54) is 18.2 Å². The lowest BCUT2D eigenvalue weighted by atomic mass is 10.0. The Bertz CT molecular complexity index is 774. The number of hydrogen-bond acceptors (Lipinski definition) is 4. The highest BCUT2D eigenvalue weighted by Gasteiger charge is 2.12. The Hall–Kier alpha value is -2.76. The largest absolute Gasteiger partial charge is 0.506 e. The molecule has 0 aliphatic heterocycles. The predicted octanol–water partition coefficient (Wildman–Crippen LogP) is 3.27. The van der Waals surface area contributed by atoms with E-state index in [1.54, 1.807) is 19.1 Å². The number of carbonyl (C=O) groups is 2. The van der Waals surface area contributed by atoms with Gasteiger partial charge in [0.25, 0.3) is 0 Å². The lowest BCUT2D eigenvalue weighted by Gasteiger charge is -2.09. The summed E-state index contributed by atoms with van der Waals surface area (Å²) in [6.07, 6.45) is 0.0952. The summed E-state index contributed by atoms with van der Waals surface area (Å²) in [6.45, 7) is 1.77. The molecule has 0 bridgehead atoms. The first-order valence-electron chi connectivity index (χ1n) is 7.55. The molecule has 0 spiro atoms. The molecule has 0 atom stereocenters. The van der Waals surface area contributed by atoms with Gasteiger partial charge in [-0.25, -0.2) is 9.37 Å². The number of nitrogens with zero attached hydrogens (tertiary/aromatic N) is 1. The SMILES string of the molecule is Cc1cc(F)ccc1-c1ccc(O)c(CCC(=O)CCC(=O)O)n1. The monoisotopic (exact) mass is 331 g/mol. The molecule has 0 saturated carbocycles. The molecule has 0 saturated heterocycles. The number of rotatable bonds is 7. The molecule has 1 aromatic heterocycles. The average molecular weight is 331 g/mol. The van der Waals surface area contributed by atoms with Gasteiger partial charge >= 0.3 is 5.97 Å². The third-order valence-corrected chi connectivity index (χ3v) is 3.67. The lowest BCUT2D eigenvalue weighted by Crippen LogP contribution is -2.05. The van der Waals surface area contributed by atoms with Gasteiger partial charge in [0, 0.05) is 24.8 Å². The Morgan fingerprint density at radius 3 is 2.54 bits per heavy atom. The van der Waals surface area contributed by atoms with Gasteiger partial charge in [0.05, 0.1) is 17.8 Å². The molecule has 2 N–H and O–H groups in total. The number of carbonyl (C=O) groups excluding carboxylic acids is 1. The first-order valence-corrected chi connectivity index (χ1v) is 7.55. The van der Waals surface area contributed by atoms with Gasteiger partial charge in [-0.1, -0.05) is 0 Å². The van der Waals surface area contributed by atoms with Crippen LogP contribution in [0, 0.1) is 12.7 Å². The second-order valence-electron chi connectivity index (χ2n) is 5.55. The summed E-state index contributed by atoms with van der Waals surface area (Å²) in [5.74, 6) is -1.57. The van der Waals surface area contributed by atoms with E-state index in [0.717, 1.165) is 11.1 Å². The highest BCUT2D eigenvalue weighted by Crippen LogP contribution is 2.26. The Balaban J connectivity index is 2.14. The maximum absolute atomic E-state index is 13.2. The zero-order chi connectivity index (χ0) is 17.7. The number of ketones is 1. The van der Waals surface area contributed by atoms with E-state index in [-0.39, 0.29) is 43.0 Å². The first kappa shape index (κ1) is 17.6. The van der Waals surface area contributed by atoms with E-state index in [0.29, 0.717) is 11.4 Å². The van der Waals surface area contributed by atoms with Crippen LogP contribution in [0.4, 0.5) is 4.39 Å². The van der Waals surface area contributed by atoms with E-state index in [2.05, 4.69) is 4.98 Å². The third-order valence-electron chi connectivity index (χ3n) is 3.67. The van der Waals surface area contributed by atoms with E-state index in [9.17, 15) is 19.1 Å². The second-order valence-corrected chi connectivity index (χ2v) is 5.55. The number of Topliss-reactive ketones (excluding diaryl/α,β-unsaturated/α-hetero) is 1. The summed E-state index contributed by atoms with van der Waals surface area (Å²) in [7, 11) is 0. The van der Waals surface area contributed by atoms with Crippen molar-refractivity contribution in [3.8, 4) is 17.0 Å². The molecule has 126 valence electrons. The number of pyridine rings is 1. The topological polar surface area (TPSA) is 87.5 Å². The molecule has 6 heteroatoms. The number of benzene rings is 1. The van der Waals surface area contributed by atoms with E-state index in [1.807, 2.05) is 0 Å². The van der Waals surface area contributed by atoms with E-state index in [4.69, 9.17) is 5.11 Å². The molecule has 0 fully saturated rings. The van der Waals surface area contributed by atoms with Gasteiger partial charge in [-0.15, -0.1) is 0 Å². The van der Waals surface area contributed by atoms with Crippen LogP contribution in [0.25, 0.3) is 11.3 Å². The first-order chi connectivity index (χ1) is 11.4. The zero-order valence-corrected chi connectivity index (χ0v) is 13.3. The zero-order valence-electron chi connectivity index (χ0n) is 13.3. The number of aliphatic carboxylic acids is 1. The lowest BCUT2D eigenvalue weighted by molar-refractivity contribution is -0.138. The van der Waals surface area contributed by atoms with Crippen LogP contribution in [-0.2, 0) is 16.0 Å². The van der Waals surface area contributed by atoms with Crippen molar-refractivity contribution in [2.45, 2.75) is 32.6 Å². The molecule has 0 aliphatic rings. The van der Waals surface area contributed by atoms with Crippen molar-refractivity contribution >= 4 is 11.8 Å². The van der Waals surface area contributed by atoms with E-state index < -0.39 is 5.97 Å². The van der Waals surface area contributed by atoms with Gasteiger partial charge < -0.3 is 10.2 Å². The normalized spacial score (nSPS) is 10.6. The quantitative estimate of drug-likeness (QED) is 0.813. The minimum atomic E-state index is -1.02. The molecule has 5 nitrogen and oxygen atoms in total. The smallest absolute Gasteiger partial charge is 0.303 e. The number of aryl methyl sites for hydroxylation is 2. The maximum Gasteiger partial charge on any atom is 0.303 e. The second kappa shape index (κ2) is 7.68. The standard InChI is InChI=1S/C18H18FNO4/c1-11-10-12(19)2-5-14(11)15-7-8-17(22)16(20-15)6-3-13(21)4-9-18(23)24/h2,5,7-8,10,22H,3-4,6,9H2,1H3,(H,23,24). The van der Waals surface area contributed by atoms with Crippen LogP contribution in [0.5, 0.6) is 5.75 Å².